The fraction of sp³-hybridized carbons (Fsp3) is 0.353. The Morgan fingerprint density at radius 1 is 1.29 bits per heavy atom. The number of hydrazone groups is 1. The lowest BCUT2D eigenvalue weighted by Gasteiger charge is -2.29. The first-order valence-corrected chi connectivity index (χ1v) is 10.7. The lowest BCUT2D eigenvalue weighted by Crippen LogP contribution is -2.38. The summed E-state index contributed by atoms with van der Waals surface area (Å²) in [5.41, 5.74) is -0.221. The second kappa shape index (κ2) is 8.69. The van der Waals surface area contributed by atoms with E-state index in [1.165, 1.54) is 10.4 Å². The van der Waals surface area contributed by atoms with E-state index in [1.54, 1.807) is 0 Å². The molecule has 1 aromatic carbocycles. The number of rotatable bonds is 6. The van der Waals surface area contributed by atoms with Gasteiger partial charge < -0.3 is 5.11 Å². The van der Waals surface area contributed by atoms with Gasteiger partial charge in [-0.25, -0.2) is 13.2 Å². The maximum absolute atomic E-state index is 13.1. The number of nitrogens with one attached hydrogen (secondary N) is 3. The molecule has 31 heavy (non-hydrogen) atoms. The largest absolute Gasteiger partial charge is 0.494 e. The van der Waals surface area contributed by atoms with Gasteiger partial charge >= 0.3 is 5.69 Å². The summed E-state index contributed by atoms with van der Waals surface area (Å²) in [6.07, 6.45) is 2.22. The summed E-state index contributed by atoms with van der Waals surface area (Å²) < 4.78 is 27.6. The Morgan fingerprint density at radius 2 is 1.97 bits per heavy atom. The molecule has 1 fully saturated rings. The first-order valence-electron chi connectivity index (χ1n) is 9.23. The summed E-state index contributed by atoms with van der Waals surface area (Å²) in [6.45, 7) is 2.60. The molecule has 0 bridgehead atoms. The highest BCUT2D eigenvalue weighted by Gasteiger charge is 2.31. The third kappa shape index (κ3) is 4.80. The predicted octanol–water partition coefficient (Wildman–Crippen LogP) is 0.544. The van der Waals surface area contributed by atoms with Crippen LogP contribution in [0.4, 0.5) is 11.4 Å². The molecular weight excluding hydrogens is 432 g/mol. The fourth-order valence-corrected chi connectivity index (χ4v) is 4.70. The summed E-state index contributed by atoms with van der Waals surface area (Å²) in [7, 11) is -4.06. The Labute approximate surface area is 175 Å². The number of non-ortho nitro benzene ring substituents is 1. The number of anilines is 1. The van der Waals surface area contributed by atoms with Crippen molar-refractivity contribution in [2.24, 2.45) is 11.0 Å². The summed E-state index contributed by atoms with van der Waals surface area (Å²) in [5, 5.41) is 24.6. The van der Waals surface area contributed by atoms with Gasteiger partial charge in [0, 0.05) is 25.2 Å². The molecule has 0 amide bonds. The van der Waals surface area contributed by atoms with E-state index in [-0.39, 0.29) is 29.2 Å². The SMILES string of the molecule is CC1CCN(S(=O)(=O)c2cc([N+](=O)[O-])ccc2NN=Cc2c(O)[nH]c(=O)[nH]c2=O)CC1. The number of H-pyrrole nitrogens is 2. The zero-order valence-corrected chi connectivity index (χ0v) is 17.2. The van der Waals surface area contributed by atoms with Crippen LogP contribution >= 0.6 is 0 Å². The molecule has 1 aliphatic heterocycles. The van der Waals surface area contributed by atoms with Crippen molar-refractivity contribution in [2.75, 3.05) is 18.5 Å². The molecule has 4 N–H and O–H groups in total. The van der Waals surface area contributed by atoms with Gasteiger partial charge in [0.25, 0.3) is 11.2 Å². The number of hydrogen-bond acceptors (Lipinski definition) is 9. The Morgan fingerprint density at radius 3 is 2.58 bits per heavy atom. The maximum Gasteiger partial charge on any atom is 0.328 e. The molecule has 166 valence electrons. The van der Waals surface area contributed by atoms with Gasteiger partial charge in [-0.3, -0.25) is 30.3 Å². The van der Waals surface area contributed by atoms with E-state index in [9.17, 15) is 33.2 Å². The van der Waals surface area contributed by atoms with Gasteiger partial charge in [0.1, 0.15) is 10.5 Å². The minimum absolute atomic E-state index is 0.0548. The molecule has 0 spiro atoms. The van der Waals surface area contributed by atoms with Crippen LogP contribution in [0.25, 0.3) is 0 Å². The van der Waals surface area contributed by atoms with Crippen LogP contribution in [0.5, 0.6) is 5.88 Å². The van der Waals surface area contributed by atoms with Crippen molar-refractivity contribution < 1.29 is 18.4 Å². The molecule has 1 aliphatic rings. The monoisotopic (exact) mass is 452 g/mol. The van der Waals surface area contributed by atoms with Gasteiger partial charge in [-0.05, 0) is 24.8 Å². The Hall–Kier alpha value is -3.52. The van der Waals surface area contributed by atoms with Crippen molar-refractivity contribution in [1.29, 1.82) is 0 Å². The van der Waals surface area contributed by atoms with Crippen molar-refractivity contribution in [1.82, 2.24) is 14.3 Å². The molecular formula is C17H20N6O7S. The highest BCUT2D eigenvalue weighted by Crippen LogP contribution is 2.31. The number of nitro groups is 1. The van der Waals surface area contributed by atoms with E-state index in [2.05, 4.69) is 10.5 Å². The molecule has 14 heteroatoms. The summed E-state index contributed by atoms with van der Waals surface area (Å²) in [6, 6.07) is 3.24. The van der Waals surface area contributed by atoms with Gasteiger partial charge in [0.05, 0.1) is 16.8 Å². The van der Waals surface area contributed by atoms with Crippen molar-refractivity contribution in [3.05, 3.63) is 54.7 Å². The molecule has 1 aromatic heterocycles. The Balaban J connectivity index is 1.96. The van der Waals surface area contributed by atoms with E-state index >= 15 is 0 Å². The Bertz CT molecular complexity index is 1240. The van der Waals surface area contributed by atoms with Gasteiger partial charge in [-0.1, -0.05) is 6.92 Å². The van der Waals surface area contributed by atoms with Crippen molar-refractivity contribution in [2.45, 2.75) is 24.7 Å². The number of aromatic amines is 2. The highest BCUT2D eigenvalue weighted by atomic mass is 32.2. The smallest absolute Gasteiger partial charge is 0.328 e. The van der Waals surface area contributed by atoms with Crippen molar-refractivity contribution in [3.8, 4) is 5.88 Å². The number of nitrogens with zero attached hydrogens (tertiary/aromatic N) is 3. The van der Waals surface area contributed by atoms with Crippen LogP contribution in [0.1, 0.15) is 25.3 Å². The number of benzene rings is 1. The maximum atomic E-state index is 13.1. The van der Waals surface area contributed by atoms with Crippen LogP contribution in [0.3, 0.4) is 0 Å². The normalized spacial score (nSPS) is 15.9. The van der Waals surface area contributed by atoms with Crippen LogP contribution < -0.4 is 16.7 Å². The molecule has 0 aliphatic carbocycles. The number of piperidine rings is 1. The van der Waals surface area contributed by atoms with Gasteiger partial charge in [0.15, 0.2) is 0 Å². The highest BCUT2D eigenvalue weighted by molar-refractivity contribution is 7.89. The number of hydrogen-bond donors (Lipinski definition) is 4. The van der Waals surface area contributed by atoms with Crippen molar-refractivity contribution in [3.63, 3.8) is 0 Å². The van der Waals surface area contributed by atoms with E-state index in [0.29, 0.717) is 18.8 Å². The van der Waals surface area contributed by atoms with Crippen molar-refractivity contribution >= 4 is 27.6 Å². The molecule has 0 radical (unpaired) electrons. The summed E-state index contributed by atoms with van der Waals surface area (Å²) in [5.74, 6) is -0.347. The molecule has 13 nitrogen and oxygen atoms in total. The van der Waals surface area contributed by atoms with Gasteiger partial charge in [0.2, 0.25) is 15.9 Å². The zero-order chi connectivity index (χ0) is 22.8. The number of sulfonamides is 1. The predicted molar refractivity (Wildman–Crippen MR) is 111 cm³/mol. The lowest BCUT2D eigenvalue weighted by molar-refractivity contribution is -0.385. The van der Waals surface area contributed by atoms with Crippen LogP contribution in [-0.4, -0.2) is 52.0 Å². The zero-order valence-electron chi connectivity index (χ0n) is 16.4. The minimum atomic E-state index is -4.06. The number of nitro benzene ring substituents is 1. The fourth-order valence-electron chi connectivity index (χ4n) is 3.06. The molecule has 1 saturated heterocycles. The third-order valence-corrected chi connectivity index (χ3v) is 6.81. The molecule has 0 unspecified atom stereocenters. The lowest BCUT2D eigenvalue weighted by atomic mass is 10.0. The van der Waals surface area contributed by atoms with Crippen LogP contribution in [0.2, 0.25) is 0 Å². The van der Waals surface area contributed by atoms with E-state index < -0.39 is 37.8 Å². The third-order valence-electron chi connectivity index (χ3n) is 4.87. The Kier molecular flexibility index (Phi) is 6.21. The second-order valence-corrected chi connectivity index (χ2v) is 8.97. The standard InChI is InChI=1S/C17H20N6O7S/c1-10-4-6-22(7-5-10)31(29,30)14-8-11(23(27)28)2-3-13(14)21-18-9-12-15(24)19-17(26)20-16(12)25/h2-3,8-10,21H,4-7H2,1H3,(H3,19,20,24,25,26). The van der Waals surface area contributed by atoms with Gasteiger partial charge in [-0.15, -0.1) is 0 Å². The quantitative estimate of drug-likeness (QED) is 0.277. The molecule has 0 atom stereocenters. The first-order chi connectivity index (χ1) is 14.6. The second-order valence-electron chi connectivity index (χ2n) is 7.06. The number of aromatic hydroxyl groups is 1. The summed E-state index contributed by atoms with van der Waals surface area (Å²) >= 11 is 0. The van der Waals surface area contributed by atoms with E-state index in [4.69, 9.17) is 0 Å². The summed E-state index contributed by atoms with van der Waals surface area (Å²) in [4.78, 5) is 36.9. The van der Waals surface area contributed by atoms with Crippen LogP contribution in [0.15, 0.2) is 37.8 Å². The molecule has 3 rings (SSSR count). The number of aromatic nitrogens is 2. The average molecular weight is 452 g/mol. The average Bonchev–Trinajstić information content (AvgIpc) is 2.70. The topological polar surface area (TPSA) is 191 Å². The van der Waals surface area contributed by atoms with Crippen LogP contribution in [-0.2, 0) is 10.0 Å². The van der Waals surface area contributed by atoms with E-state index in [1.807, 2.05) is 16.9 Å². The van der Waals surface area contributed by atoms with Gasteiger partial charge in [-0.2, -0.15) is 9.41 Å². The first kappa shape index (κ1) is 22.2. The molecule has 2 aromatic rings. The molecule has 2 heterocycles. The minimum Gasteiger partial charge on any atom is -0.494 e. The molecule has 0 saturated carbocycles. The van der Waals surface area contributed by atoms with Crippen LogP contribution in [0, 0.1) is 16.0 Å². The van der Waals surface area contributed by atoms with E-state index in [0.717, 1.165) is 18.3 Å².